The summed E-state index contributed by atoms with van der Waals surface area (Å²) in [5, 5.41) is 0. The van der Waals surface area contributed by atoms with Crippen molar-refractivity contribution in [1.82, 2.24) is 0 Å². The number of fused-ring (bicyclic) bond motifs is 5. The molecule has 0 radical (unpaired) electrons. The molecule has 4 N–H and O–H groups in total. The molecule has 2 saturated carbocycles. The van der Waals surface area contributed by atoms with Crippen LogP contribution in [0, 0.1) is 17.3 Å². The monoisotopic (exact) mass is 290 g/mol. The second-order valence-corrected chi connectivity index (χ2v) is 7.55. The Balaban J connectivity index is 0.000000807. The molecule has 4 rings (SSSR count). The lowest BCUT2D eigenvalue weighted by Crippen LogP contribution is -2.44. The van der Waals surface area contributed by atoms with Crippen LogP contribution in [0.3, 0.4) is 0 Å². The van der Waals surface area contributed by atoms with Crippen LogP contribution in [0.25, 0.3) is 0 Å². The van der Waals surface area contributed by atoms with Crippen molar-refractivity contribution >= 4 is 0 Å². The highest BCUT2D eigenvalue weighted by atomic mass is 16.0. The van der Waals surface area contributed by atoms with Gasteiger partial charge in [0.15, 0.2) is 0 Å². The first-order valence-electron chi connectivity index (χ1n) is 8.36. The predicted molar refractivity (Wildman–Crippen MR) is 87.5 cm³/mol. The molecule has 0 aliphatic heterocycles. The molecule has 0 saturated heterocycles. The molecule has 3 aliphatic rings. The van der Waals surface area contributed by atoms with E-state index in [4.69, 9.17) is 0 Å². The lowest BCUT2D eigenvalue weighted by Gasteiger charge is -2.54. The zero-order valence-electron chi connectivity index (χ0n) is 13.2. The van der Waals surface area contributed by atoms with Gasteiger partial charge in [-0.15, -0.1) is 0 Å². The third-order valence-electron chi connectivity index (χ3n) is 6.67. The van der Waals surface area contributed by atoms with E-state index in [1.54, 1.807) is 11.1 Å². The van der Waals surface area contributed by atoms with Gasteiger partial charge in [-0.05, 0) is 72.8 Å². The van der Waals surface area contributed by atoms with Crippen LogP contribution in [-0.2, 0) is 6.42 Å². The topological polar surface area (TPSA) is 63.0 Å². The summed E-state index contributed by atoms with van der Waals surface area (Å²) in [5.41, 5.74) is 4.06. The highest BCUT2D eigenvalue weighted by molar-refractivity contribution is 5.34. The summed E-state index contributed by atoms with van der Waals surface area (Å²) in [7, 11) is 0. The van der Waals surface area contributed by atoms with Crippen LogP contribution >= 0.6 is 0 Å². The van der Waals surface area contributed by atoms with Gasteiger partial charge < -0.3 is 11.0 Å². The van der Waals surface area contributed by atoms with E-state index in [9.17, 15) is 0 Å². The Labute approximate surface area is 128 Å². The molecule has 3 aliphatic carbocycles. The van der Waals surface area contributed by atoms with Crippen molar-refractivity contribution in [3.63, 3.8) is 0 Å². The zero-order chi connectivity index (χ0) is 12.9. The summed E-state index contributed by atoms with van der Waals surface area (Å²) >= 11 is 0. The van der Waals surface area contributed by atoms with Crippen LogP contribution in [0.4, 0.5) is 0 Å². The fourth-order valence-corrected chi connectivity index (χ4v) is 5.68. The quantitative estimate of drug-likeness (QED) is 0.700. The van der Waals surface area contributed by atoms with E-state index in [0.29, 0.717) is 5.41 Å². The Morgan fingerprint density at radius 2 is 1.76 bits per heavy atom. The molecule has 2 fully saturated rings. The maximum absolute atomic E-state index is 2.60. The molecule has 0 aromatic heterocycles. The Hall–Kier alpha value is -0.860. The second kappa shape index (κ2) is 6.10. The number of hydrogen-bond acceptors (Lipinski definition) is 0. The van der Waals surface area contributed by atoms with E-state index in [2.05, 4.69) is 31.2 Å². The Bertz CT molecular complexity index is 484. The number of hydrogen-bond donors (Lipinski definition) is 0. The minimum atomic E-state index is 0. The first kappa shape index (κ1) is 16.5. The standard InChI is InChI=1S/C19H26.2H2O/c1-19-12-5-4-8-18(19)17-10-9-14-6-2-3-7-15(14)16(17)11-13-19;;/h2-3,6-7,16-18H,4-5,8-13H2,1H3;2*1H2/t16?,17?,18?,19-;;/m0../s1. The molecule has 118 valence electrons. The maximum Gasteiger partial charge on any atom is -0.0128 e. The fraction of sp³-hybridized carbons (Fsp3) is 0.684. The molecule has 3 unspecified atom stereocenters. The van der Waals surface area contributed by atoms with Gasteiger partial charge in [0.25, 0.3) is 0 Å². The average molecular weight is 290 g/mol. The van der Waals surface area contributed by atoms with Crippen molar-refractivity contribution in [2.45, 2.75) is 64.2 Å². The van der Waals surface area contributed by atoms with Gasteiger partial charge in [0.1, 0.15) is 0 Å². The molecule has 1 aromatic rings. The van der Waals surface area contributed by atoms with Crippen LogP contribution in [0.2, 0.25) is 0 Å². The van der Waals surface area contributed by atoms with Gasteiger partial charge in [0.05, 0.1) is 0 Å². The van der Waals surface area contributed by atoms with Crippen LogP contribution < -0.4 is 0 Å². The van der Waals surface area contributed by atoms with Crippen molar-refractivity contribution in [3.05, 3.63) is 35.4 Å². The van der Waals surface area contributed by atoms with Gasteiger partial charge in [0, 0.05) is 0 Å². The molecule has 2 nitrogen and oxygen atoms in total. The van der Waals surface area contributed by atoms with Gasteiger partial charge in [0.2, 0.25) is 0 Å². The molecule has 0 heterocycles. The molecule has 0 spiro atoms. The van der Waals surface area contributed by atoms with Crippen LogP contribution in [0.15, 0.2) is 24.3 Å². The van der Waals surface area contributed by atoms with Gasteiger partial charge in [-0.3, -0.25) is 0 Å². The van der Waals surface area contributed by atoms with Crippen molar-refractivity contribution in [3.8, 4) is 0 Å². The maximum atomic E-state index is 2.60. The van der Waals surface area contributed by atoms with Crippen molar-refractivity contribution in [1.29, 1.82) is 0 Å². The van der Waals surface area contributed by atoms with E-state index in [1.807, 2.05) is 0 Å². The van der Waals surface area contributed by atoms with Crippen LogP contribution in [0.5, 0.6) is 0 Å². The number of aryl methyl sites for hydroxylation is 1. The van der Waals surface area contributed by atoms with Gasteiger partial charge in [-0.25, -0.2) is 0 Å². The van der Waals surface area contributed by atoms with Crippen molar-refractivity contribution < 1.29 is 11.0 Å². The number of rotatable bonds is 0. The fourth-order valence-electron chi connectivity index (χ4n) is 5.68. The third kappa shape index (κ3) is 2.53. The SMILES string of the molecule is C[C@@]12CCCCC1C1CCc3ccccc3C1CC2.O.O. The number of benzene rings is 1. The largest absolute Gasteiger partial charge is 0.412 e. The molecule has 0 amide bonds. The van der Waals surface area contributed by atoms with Crippen molar-refractivity contribution in [2.24, 2.45) is 17.3 Å². The van der Waals surface area contributed by atoms with E-state index in [-0.39, 0.29) is 11.0 Å². The molecule has 4 atom stereocenters. The minimum Gasteiger partial charge on any atom is -0.412 e. The molecule has 1 aromatic carbocycles. The van der Waals surface area contributed by atoms with Gasteiger partial charge in [-0.2, -0.15) is 0 Å². The molecular weight excluding hydrogens is 260 g/mol. The molecule has 0 bridgehead atoms. The molecular formula is C19H30O2. The highest BCUT2D eigenvalue weighted by Gasteiger charge is 2.48. The summed E-state index contributed by atoms with van der Waals surface area (Å²) in [6.45, 7) is 2.60. The van der Waals surface area contributed by atoms with E-state index < -0.39 is 0 Å². The van der Waals surface area contributed by atoms with Gasteiger partial charge in [-0.1, -0.05) is 44.0 Å². The summed E-state index contributed by atoms with van der Waals surface area (Å²) < 4.78 is 0. The lowest BCUT2D eigenvalue weighted by molar-refractivity contribution is -0.00420. The first-order valence-corrected chi connectivity index (χ1v) is 8.36. The second-order valence-electron chi connectivity index (χ2n) is 7.55. The highest BCUT2D eigenvalue weighted by Crippen LogP contribution is 2.59. The normalized spacial score (nSPS) is 37.1. The Morgan fingerprint density at radius 3 is 2.62 bits per heavy atom. The van der Waals surface area contributed by atoms with E-state index in [0.717, 1.165) is 17.8 Å². The van der Waals surface area contributed by atoms with Gasteiger partial charge >= 0.3 is 0 Å². The summed E-state index contributed by atoms with van der Waals surface area (Å²) in [5.74, 6) is 2.91. The van der Waals surface area contributed by atoms with E-state index in [1.165, 1.54) is 51.4 Å². The Morgan fingerprint density at radius 1 is 0.952 bits per heavy atom. The average Bonchev–Trinajstić information content (AvgIpc) is 2.46. The summed E-state index contributed by atoms with van der Waals surface area (Å²) in [6.07, 6.45) is 11.7. The van der Waals surface area contributed by atoms with Crippen molar-refractivity contribution in [2.75, 3.05) is 0 Å². The third-order valence-corrected chi connectivity index (χ3v) is 6.67. The molecule has 21 heavy (non-hydrogen) atoms. The van der Waals surface area contributed by atoms with Crippen LogP contribution in [-0.4, -0.2) is 11.0 Å². The lowest BCUT2D eigenvalue weighted by atomic mass is 9.51. The predicted octanol–water partition coefficient (Wildman–Crippen LogP) is 3.67. The van der Waals surface area contributed by atoms with Crippen LogP contribution in [0.1, 0.15) is 68.9 Å². The summed E-state index contributed by atoms with van der Waals surface area (Å²) in [6, 6.07) is 9.29. The summed E-state index contributed by atoms with van der Waals surface area (Å²) in [4.78, 5) is 0. The smallest absolute Gasteiger partial charge is 0.0128 e. The molecule has 2 heteroatoms. The minimum absolute atomic E-state index is 0. The first-order chi connectivity index (χ1) is 9.28. The zero-order valence-corrected chi connectivity index (χ0v) is 13.2. The van der Waals surface area contributed by atoms with E-state index >= 15 is 0 Å². The Kier molecular flexibility index (Phi) is 4.79.